The van der Waals surface area contributed by atoms with Gasteiger partial charge in [-0.05, 0) is 24.3 Å². The van der Waals surface area contributed by atoms with Crippen LogP contribution in [0.2, 0.25) is 4.34 Å². The summed E-state index contributed by atoms with van der Waals surface area (Å²) in [5, 5.41) is 8.24. The van der Waals surface area contributed by atoms with E-state index in [-0.39, 0.29) is 18.0 Å². The predicted octanol–water partition coefficient (Wildman–Crippen LogP) is 2.17. The van der Waals surface area contributed by atoms with Crippen LogP contribution in [0.5, 0.6) is 0 Å². The molecule has 0 aliphatic rings. The third-order valence-electron chi connectivity index (χ3n) is 3.36. The summed E-state index contributed by atoms with van der Waals surface area (Å²) in [5.41, 5.74) is 0.194. The number of carbonyl (C=O) groups excluding carboxylic acids is 1. The first-order valence-electron chi connectivity index (χ1n) is 6.85. The Morgan fingerprint density at radius 3 is 2.83 bits per heavy atom. The minimum Gasteiger partial charge on any atom is -0.339 e. The van der Waals surface area contributed by atoms with E-state index < -0.39 is 0 Å². The monoisotopic (exact) mass is 348 g/mol. The van der Waals surface area contributed by atoms with Crippen molar-refractivity contribution in [1.29, 1.82) is 0 Å². The molecule has 0 atom stereocenters. The number of carbonyl (C=O) groups is 1. The van der Waals surface area contributed by atoms with Crippen LogP contribution in [0, 0.1) is 0 Å². The van der Waals surface area contributed by atoms with Crippen molar-refractivity contribution in [1.82, 2.24) is 19.9 Å². The Bertz CT molecular complexity index is 921. The molecule has 1 amide bonds. The van der Waals surface area contributed by atoms with Crippen LogP contribution in [-0.2, 0) is 17.9 Å². The molecule has 3 aromatic rings. The van der Waals surface area contributed by atoms with Crippen LogP contribution >= 0.6 is 22.9 Å². The van der Waals surface area contributed by atoms with Gasteiger partial charge in [0.15, 0.2) is 0 Å². The first-order valence-corrected chi connectivity index (χ1v) is 8.05. The molecular weight excluding hydrogens is 336 g/mol. The van der Waals surface area contributed by atoms with Gasteiger partial charge in [-0.1, -0.05) is 28.9 Å². The molecule has 118 valence electrons. The molecule has 0 saturated heterocycles. The molecule has 0 unspecified atom stereocenters. The highest BCUT2D eigenvalue weighted by molar-refractivity contribution is 7.16. The number of benzene rings is 1. The summed E-state index contributed by atoms with van der Waals surface area (Å²) < 4.78 is 1.76. The Kier molecular flexibility index (Phi) is 4.40. The fraction of sp³-hybridized carbons (Fsp3) is 0.200. The molecule has 0 aliphatic heterocycles. The molecule has 1 aromatic carbocycles. The maximum Gasteiger partial charge on any atom is 0.278 e. The SMILES string of the molecule is CN(Cc1ccc(Cl)s1)C(=O)Cn1nnc2ccccc2c1=O. The van der Waals surface area contributed by atoms with Crippen LogP contribution < -0.4 is 5.56 Å². The lowest BCUT2D eigenvalue weighted by atomic mass is 10.2. The van der Waals surface area contributed by atoms with E-state index in [1.54, 1.807) is 37.4 Å². The number of nitrogens with zero attached hydrogens (tertiary/aromatic N) is 4. The standard InChI is InChI=1S/C15H13ClN4O2S/c1-19(8-10-6-7-13(16)23-10)14(21)9-20-15(22)11-4-2-3-5-12(11)17-18-20/h2-7H,8-9H2,1H3. The van der Waals surface area contributed by atoms with Gasteiger partial charge in [-0.25, -0.2) is 4.68 Å². The fourth-order valence-corrected chi connectivity index (χ4v) is 3.28. The Morgan fingerprint density at radius 1 is 1.30 bits per heavy atom. The van der Waals surface area contributed by atoms with Gasteiger partial charge in [0.05, 0.1) is 16.3 Å². The van der Waals surface area contributed by atoms with E-state index in [9.17, 15) is 9.59 Å². The van der Waals surface area contributed by atoms with Gasteiger partial charge in [0.2, 0.25) is 5.91 Å². The summed E-state index contributed by atoms with van der Waals surface area (Å²) in [4.78, 5) is 27.1. The maximum atomic E-state index is 12.3. The molecule has 23 heavy (non-hydrogen) atoms. The van der Waals surface area contributed by atoms with Crippen LogP contribution in [0.3, 0.4) is 0 Å². The van der Waals surface area contributed by atoms with Crippen LogP contribution in [0.1, 0.15) is 4.88 Å². The minimum atomic E-state index is -0.323. The van der Waals surface area contributed by atoms with Crippen molar-refractivity contribution in [3.8, 4) is 0 Å². The normalized spacial score (nSPS) is 10.9. The van der Waals surface area contributed by atoms with Crippen molar-refractivity contribution >= 4 is 39.7 Å². The minimum absolute atomic E-state index is 0.147. The van der Waals surface area contributed by atoms with Crippen molar-refractivity contribution < 1.29 is 4.79 Å². The zero-order chi connectivity index (χ0) is 16.4. The van der Waals surface area contributed by atoms with E-state index in [2.05, 4.69) is 10.3 Å². The van der Waals surface area contributed by atoms with Gasteiger partial charge in [0, 0.05) is 11.9 Å². The second kappa shape index (κ2) is 6.47. The second-order valence-electron chi connectivity index (χ2n) is 5.03. The highest BCUT2D eigenvalue weighted by Crippen LogP contribution is 2.22. The molecular formula is C15H13ClN4O2S. The van der Waals surface area contributed by atoms with Crippen molar-refractivity contribution in [2.24, 2.45) is 0 Å². The van der Waals surface area contributed by atoms with Gasteiger partial charge in [0.25, 0.3) is 5.56 Å². The van der Waals surface area contributed by atoms with E-state index in [1.165, 1.54) is 16.2 Å². The Morgan fingerprint density at radius 2 is 2.09 bits per heavy atom. The third kappa shape index (κ3) is 3.40. The lowest BCUT2D eigenvalue weighted by Crippen LogP contribution is -2.35. The van der Waals surface area contributed by atoms with Crippen molar-refractivity contribution in [2.45, 2.75) is 13.1 Å². The van der Waals surface area contributed by atoms with Gasteiger partial charge >= 0.3 is 0 Å². The molecule has 0 N–H and O–H groups in total. The maximum absolute atomic E-state index is 12.3. The lowest BCUT2D eigenvalue weighted by Gasteiger charge is -2.16. The average molecular weight is 349 g/mol. The summed E-state index contributed by atoms with van der Waals surface area (Å²) in [5.74, 6) is -0.221. The largest absolute Gasteiger partial charge is 0.339 e. The van der Waals surface area contributed by atoms with Gasteiger partial charge in [-0.15, -0.1) is 16.4 Å². The number of fused-ring (bicyclic) bond motifs is 1. The number of halogens is 1. The third-order valence-corrected chi connectivity index (χ3v) is 4.58. The van der Waals surface area contributed by atoms with Crippen LogP contribution in [0.4, 0.5) is 0 Å². The lowest BCUT2D eigenvalue weighted by molar-refractivity contribution is -0.131. The van der Waals surface area contributed by atoms with Crippen LogP contribution in [0.25, 0.3) is 10.9 Å². The fourth-order valence-electron chi connectivity index (χ4n) is 2.13. The average Bonchev–Trinajstić information content (AvgIpc) is 2.95. The number of rotatable bonds is 4. The topological polar surface area (TPSA) is 68.1 Å². The zero-order valence-electron chi connectivity index (χ0n) is 12.3. The number of hydrogen-bond acceptors (Lipinski definition) is 5. The number of amides is 1. The van der Waals surface area contributed by atoms with Gasteiger partial charge in [-0.3, -0.25) is 9.59 Å². The molecule has 0 fully saturated rings. The van der Waals surface area contributed by atoms with Crippen molar-refractivity contribution in [2.75, 3.05) is 7.05 Å². The van der Waals surface area contributed by atoms with E-state index in [0.29, 0.717) is 21.8 Å². The summed E-state index contributed by atoms with van der Waals surface area (Å²) >= 11 is 7.30. The van der Waals surface area contributed by atoms with E-state index >= 15 is 0 Å². The van der Waals surface area contributed by atoms with E-state index in [4.69, 9.17) is 11.6 Å². The Labute approximate surface area is 140 Å². The van der Waals surface area contributed by atoms with E-state index in [1.807, 2.05) is 6.07 Å². The number of aromatic nitrogens is 3. The van der Waals surface area contributed by atoms with Crippen LogP contribution in [-0.4, -0.2) is 32.8 Å². The summed E-state index contributed by atoms with van der Waals surface area (Å²) in [6, 6.07) is 10.6. The number of hydrogen-bond donors (Lipinski definition) is 0. The smallest absolute Gasteiger partial charge is 0.278 e. The first-order chi connectivity index (χ1) is 11.0. The molecule has 2 heterocycles. The molecule has 2 aromatic heterocycles. The quantitative estimate of drug-likeness (QED) is 0.724. The van der Waals surface area contributed by atoms with Crippen molar-refractivity contribution in [3.63, 3.8) is 0 Å². The zero-order valence-corrected chi connectivity index (χ0v) is 13.8. The molecule has 0 radical (unpaired) electrons. The van der Waals surface area contributed by atoms with Gasteiger partial charge in [0.1, 0.15) is 12.1 Å². The molecule has 0 saturated carbocycles. The second-order valence-corrected chi connectivity index (χ2v) is 6.82. The molecule has 0 aliphatic carbocycles. The highest BCUT2D eigenvalue weighted by Gasteiger charge is 2.14. The summed E-state index contributed by atoms with van der Waals surface area (Å²) in [6.07, 6.45) is 0. The van der Waals surface area contributed by atoms with Gasteiger partial charge in [-0.2, -0.15) is 0 Å². The Balaban J connectivity index is 1.77. The van der Waals surface area contributed by atoms with Crippen molar-refractivity contribution in [3.05, 3.63) is 56.0 Å². The number of likely N-dealkylation sites (N-methyl/N-ethyl adjacent to an activating group) is 1. The predicted molar refractivity (Wildman–Crippen MR) is 89.6 cm³/mol. The van der Waals surface area contributed by atoms with Gasteiger partial charge < -0.3 is 4.90 Å². The molecule has 6 nitrogen and oxygen atoms in total. The highest BCUT2D eigenvalue weighted by atomic mass is 35.5. The number of thiophene rings is 1. The Hall–Kier alpha value is -2.25. The molecule has 8 heteroatoms. The van der Waals surface area contributed by atoms with Crippen LogP contribution in [0.15, 0.2) is 41.2 Å². The summed E-state index contributed by atoms with van der Waals surface area (Å²) in [7, 11) is 1.68. The summed E-state index contributed by atoms with van der Waals surface area (Å²) in [6.45, 7) is 0.290. The molecule has 0 spiro atoms. The molecule has 0 bridgehead atoms. The molecule has 3 rings (SSSR count). The first kappa shape index (κ1) is 15.6. The van der Waals surface area contributed by atoms with E-state index in [0.717, 1.165) is 9.56 Å².